The Morgan fingerprint density at radius 1 is 1.19 bits per heavy atom. The molecule has 1 N–H and O–H groups in total. The van der Waals surface area contributed by atoms with Gasteiger partial charge in [-0.05, 0) is 43.4 Å². The Balaban J connectivity index is 1.79. The molecule has 1 aliphatic heterocycles. The molecule has 2 saturated carbocycles. The summed E-state index contributed by atoms with van der Waals surface area (Å²) >= 11 is 0. The third-order valence-electron chi connectivity index (χ3n) is 5.05. The lowest BCUT2D eigenvalue weighted by molar-refractivity contribution is -0.119. The molecule has 16 heavy (non-hydrogen) atoms. The Morgan fingerprint density at radius 2 is 2.00 bits per heavy atom. The summed E-state index contributed by atoms with van der Waals surface area (Å²) in [6, 6.07) is 0.650. The average Bonchev–Trinajstić information content (AvgIpc) is 2.44. The maximum absolute atomic E-state index is 6.27. The monoisotopic (exact) mass is 223 g/mol. The molecule has 2 nitrogen and oxygen atoms in total. The first kappa shape index (κ1) is 11.0. The predicted octanol–water partition coefficient (Wildman–Crippen LogP) is 2.72. The zero-order valence-electron chi connectivity index (χ0n) is 10.7. The molecule has 1 saturated heterocycles. The number of rotatable bonds is 1. The quantitative estimate of drug-likeness (QED) is 0.738. The summed E-state index contributed by atoms with van der Waals surface area (Å²) in [5.74, 6) is 0.897. The van der Waals surface area contributed by atoms with Crippen molar-refractivity contribution in [3.05, 3.63) is 0 Å². The van der Waals surface area contributed by atoms with Gasteiger partial charge in [0.05, 0.1) is 12.2 Å². The van der Waals surface area contributed by atoms with E-state index in [1.165, 1.54) is 38.5 Å². The van der Waals surface area contributed by atoms with E-state index in [4.69, 9.17) is 4.74 Å². The van der Waals surface area contributed by atoms with Crippen molar-refractivity contribution < 1.29 is 4.74 Å². The van der Waals surface area contributed by atoms with Crippen molar-refractivity contribution in [3.63, 3.8) is 0 Å². The fourth-order valence-electron chi connectivity index (χ4n) is 4.04. The van der Waals surface area contributed by atoms with Crippen LogP contribution in [0.15, 0.2) is 0 Å². The molecular formula is C14H25NO. The summed E-state index contributed by atoms with van der Waals surface area (Å²) in [7, 11) is 0. The van der Waals surface area contributed by atoms with E-state index in [0.717, 1.165) is 19.1 Å². The van der Waals surface area contributed by atoms with Crippen LogP contribution in [0.2, 0.25) is 0 Å². The summed E-state index contributed by atoms with van der Waals surface area (Å²) in [5, 5.41) is 3.77. The smallest absolute Gasteiger partial charge is 0.0843 e. The maximum Gasteiger partial charge on any atom is 0.0843 e. The second kappa shape index (κ2) is 3.71. The van der Waals surface area contributed by atoms with Gasteiger partial charge in [-0.3, -0.25) is 0 Å². The van der Waals surface area contributed by atoms with E-state index < -0.39 is 0 Å². The molecule has 2 atom stereocenters. The first-order valence-electron chi connectivity index (χ1n) is 6.99. The third kappa shape index (κ3) is 1.70. The minimum atomic E-state index is 0.187. The van der Waals surface area contributed by atoms with Crippen LogP contribution in [-0.2, 0) is 4.74 Å². The van der Waals surface area contributed by atoms with Crippen LogP contribution >= 0.6 is 0 Å². The molecule has 2 aliphatic carbocycles. The van der Waals surface area contributed by atoms with E-state index >= 15 is 0 Å². The summed E-state index contributed by atoms with van der Waals surface area (Å²) in [6.07, 6.45) is 8.13. The van der Waals surface area contributed by atoms with Crippen molar-refractivity contribution in [2.24, 2.45) is 11.3 Å². The van der Waals surface area contributed by atoms with Crippen LogP contribution in [-0.4, -0.2) is 24.8 Å². The fourth-order valence-corrected chi connectivity index (χ4v) is 4.04. The number of ether oxygens (including phenoxy) is 1. The second-order valence-corrected chi connectivity index (χ2v) is 6.88. The van der Waals surface area contributed by atoms with Gasteiger partial charge in [0.2, 0.25) is 0 Å². The highest BCUT2D eigenvalue weighted by Gasteiger charge is 2.53. The zero-order valence-corrected chi connectivity index (χ0v) is 10.7. The molecule has 2 unspecified atom stereocenters. The topological polar surface area (TPSA) is 21.3 Å². The molecule has 3 fully saturated rings. The van der Waals surface area contributed by atoms with Gasteiger partial charge in [0.25, 0.3) is 0 Å². The van der Waals surface area contributed by atoms with Crippen molar-refractivity contribution in [1.29, 1.82) is 0 Å². The van der Waals surface area contributed by atoms with Gasteiger partial charge in [0.15, 0.2) is 0 Å². The molecule has 92 valence electrons. The number of nitrogens with one attached hydrogen (secondary N) is 1. The molecule has 0 radical (unpaired) electrons. The third-order valence-corrected chi connectivity index (χ3v) is 5.05. The molecule has 3 aliphatic rings. The normalized spacial score (nSPS) is 43.5. The van der Waals surface area contributed by atoms with Crippen LogP contribution < -0.4 is 5.32 Å². The Kier molecular flexibility index (Phi) is 2.56. The van der Waals surface area contributed by atoms with Gasteiger partial charge in [-0.2, -0.15) is 0 Å². The van der Waals surface area contributed by atoms with Gasteiger partial charge in [0.1, 0.15) is 0 Å². The first-order chi connectivity index (χ1) is 7.61. The van der Waals surface area contributed by atoms with Gasteiger partial charge in [-0.1, -0.05) is 20.3 Å². The Bertz CT molecular complexity index is 272. The van der Waals surface area contributed by atoms with Gasteiger partial charge in [-0.25, -0.2) is 0 Å². The standard InChI is InChI=1S/C14H25NO/c1-13(2)6-7-14(10-13)12(11-4-3-5-11)15-8-9-16-14/h11-12,15H,3-10H2,1-2H3. The molecule has 1 heterocycles. The Hall–Kier alpha value is -0.0800. The first-order valence-corrected chi connectivity index (χ1v) is 6.99. The van der Waals surface area contributed by atoms with Crippen LogP contribution in [0, 0.1) is 11.3 Å². The van der Waals surface area contributed by atoms with Crippen molar-refractivity contribution in [2.75, 3.05) is 13.2 Å². The van der Waals surface area contributed by atoms with Crippen molar-refractivity contribution >= 4 is 0 Å². The minimum absolute atomic E-state index is 0.187. The van der Waals surface area contributed by atoms with Crippen LogP contribution in [0.25, 0.3) is 0 Å². The largest absolute Gasteiger partial charge is 0.372 e. The van der Waals surface area contributed by atoms with Gasteiger partial charge >= 0.3 is 0 Å². The summed E-state index contributed by atoms with van der Waals surface area (Å²) in [5.41, 5.74) is 0.674. The van der Waals surface area contributed by atoms with Crippen LogP contribution in [0.5, 0.6) is 0 Å². The fraction of sp³-hybridized carbons (Fsp3) is 1.00. The minimum Gasteiger partial charge on any atom is -0.372 e. The molecule has 0 aromatic heterocycles. The number of morpholine rings is 1. The lowest BCUT2D eigenvalue weighted by Crippen LogP contribution is -2.61. The molecule has 0 aromatic carbocycles. The number of hydrogen-bond donors (Lipinski definition) is 1. The highest BCUT2D eigenvalue weighted by Crippen LogP contribution is 2.51. The van der Waals surface area contributed by atoms with Gasteiger partial charge in [-0.15, -0.1) is 0 Å². The molecule has 3 rings (SSSR count). The summed E-state index contributed by atoms with van der Waals surface area (Å²) < 4.78 is 6.27. The second-order valence-electron chi connectivity index (χ2n) is 6.88. The SMILES string of the molecule is CC1(C)CCC2(C1)OCCNC2C1CCC1. The van der Waals surface area contributed by atoms with E-state index in [1.807, 2.05) is 0 Å². The van der Waals surface area contributed by atoms with E-state index in [-0.39, 0.29) is 5.60 Å². The van der Waals surface area contributed by atoms with Crippen LogP contribution in [0.4, 0.5) is 0 Å². The Morgan fingerprint density at radius 3 is 2.56 bits per heavy atom. The molecule has 0 bridgehead atoms. The maximum atomic E-state index is 6.27. The Labute approximate surface area is 99.1 Å². The molecule has 0 amide bonds. The number of hydrogen-bond acceptors (Lipinski definition) is 2. The molecular weight excluding hydrogens is 198 g/mol. The van der Waals surface area contributed by atoms with E-state index in [0.29, 0.717) is 11.5 Å². The van der Waals surface area contributed by atoms with E-state index in [1.54, 1.807) is 0 Å². The van der Waals surface area contributed by atoms with Crippen molar-refractivity contribution in [2.45, 2.75) is 64.0 Å². The van der Waals surface area contributed by atoms with E-state index in [2.05, 4.69) is 19.2 Å². The predicted molar refractivity (Wildman–Crippen MR) is 65.4 cm³/mol. The lowest BCUT2D eigenvalue weighted by atomic mass is 9.71. The highest BCUT2D eigenvalue weighted by molar-refractivity contribution is 5.07. The average molecular weight is 223 g/mol. The summed E-state index contributed by atoms with van der Waals surface area (Å²) in [6.45, 7) is 6.78. The van der Waals surface area contributed by atoms with Crippen molar-refractivity contribution in [1.82, 2.24) is 5.32 Å². The molecule has 0 aromatic rings. The van der Waals surface area contributed by atoms with E-state index in [9.17, 15) is 0 Å². The zero-order chi connectivity index (χ0) is 11.2. The molecule has 1 spiro atoms. The van der Waals surface area contributed by atoms with Gasteiger partial charge in [0, 0.05) is 12.6 Å². The summed E-state index contributed by atoms with van der Waals surface area (Å²) in [4.78, 5) is 0. The highest BCUT2D eigenvalue weighted by atomic mass is 16.5. The molecule has 2 heteroatoms. The van der Waals surface area contributed by atoms with Gasteiger partial charge < -0.3 is 10.1 Å². The van der Waals surface area contributed by atoms with Crippen molar-refractivity contribution in [3.8, 4) is 0 Å². The lowest BCUT2D eigenvalue weighted by Gasteiger charge is -2.49. The van der Waals surface area contributed by atoms with Crippen LogP contribution in [0.3, 0.4) is 0 Å². The van der Waals surface area contributed by atoms with Crippen LogP contribution in [0.1, 0.15) is 52.4 Å².